The summed E-state index contributed by atoms with van der Waals surface area (Å²) < 4.78 is 29.3. The molecule has 4 rings (SSSR count). The van der Waals surface area contributed by atoms with Crippen molar-refractivity contribution in [3.63, 3.8) is 0 Å². The second-order valence-corrected chi connectivity index (χ2v) is 12.9. The van der Waals surface area contributed by atoms with E-state index in [1.165, 1.54) is 4.68 Å². The molecule has 0 radical (unpaired) electrons. The van der Waals surface area contributed by atoms with Gasteiger partial charge in [-0.15, -0.1) is 5.10 Å². The minimum absolute atomic E-state index is 0.0419. The first-order chi connectivity index (χ1) is 16.4. The summed E-state index contributed by atoms with van der Waals surface area (Å²) in [4.78, 5) is 36.0. The molecule has 0 aliphatic heterocycles. The Hall–Kier alpha value is -1.66. The smallest absolute Gasteiger partial charge is 0.340 e. The minimum Gasteiger partial charge on any atom is -0.393 e. The maximum Gasteiger partial charge on any atom is 0.340 e. The number of anilines is 1. The Labute approximate surface area is 209 Å². The molecule has 1 fully saturated rings. The Bertz CT molecular complexity index is 1320. The highest BCUT2D eigenvalue weighted by Crippen LogP contribution is 2.56. The van der Waals surface area contributed by atoms with E-state index in [9.17, 15) is 19.1 Å². The molecule has 1 unspecified atom stereocenters. The number of benzene rings is 1. The molecule has 3 aromatic rings. The number of fused-ring (bicyclic) bond motifs is 1. The van der Waals surface area contributed by atoms with Crippen LogP contribution in [0.3, 0.4) is 0 Å². The number of aliphatic hydroxyl groups is 1. The van der Waals surface area contributed by atoms with Crippen LogP contribution in [0.5, 0.6) is 0 Å². The second kappa shape index (κ2) is 10.4. The van der Waals surface area contributed by atoms with Gasteiger partial charge in [0.05, 0.1) is 18.8 Å². The first kappa shape index (κ1) is 26.4. The van der Waals surface area contributed by atoms with Crippen LogP contribution in [-0.4, -0.2) is 63.4 Å². The molecule has 0 bridgehead atoms. The molecule has 4 atom stereocenters. The van der Waals surface area contributed by atoms with Gasteiger partial charge in [-0.3, -0.25) is 9.13 Å². The normalized spacial score (nSPS) is 22.4. The number of nitrogens with zero attached hydrogens (tertiary/aromatic N) is 5. The Balaban J connectivity index is 1.49. The van der Waals surface area contributed by atoms with E-state index in [1.54, 1.807) is 6.07 Å². The Morgan fingerprint density at radius 3 is 2.60 bits per heavy atom. The molecule has 1 aliphatic rings. The molecule has 2 heterocycles. The van der Waals surface area contributed by atoms with Gasteiger partial charge in [-0.2, -0.15) is 9.97 Å². The fourth-order valence-electron chi connectivity index (χ4n) is 3.93. The third-order valence-electron chi connectivity index (χ3n) is 5.53. The zero-order chi connectivity index (χ0) is 25.4. The van der Waals surface area contributed by atoms with E-state index in [4.69, 9.17) is 37.5 Å². The molecule has 0 amide bonds. The van der Waals surface area contributed by atoms with Crippen molar-refractivity contribution < 1.29 is 33.4 Å². The zero-order valence-electron chi connectivity index (χ0n) is 18.0. The summed E-state index contributed by atoms with van der Waals surface area (Å²) in [6, 6.07) is 6.92. The molecule has 0 spiro atoms. The largest absolute Gasteiger partial charge is 0.393 e. The Kier molecular flexibility index (Phi) is 7.82. The molecule has 1 saturated carbocycles. The fraction of sp³-hybridized carbons (Fsp3) is 0.444. The number of halogens is 2. The molecule has 1 aliphatic carbocycles. The zero-order valence-corrected chi connectivity index (χ0v) is 21.3. The van der Waals surface area contributed by atoms with Crippen LogP contribution in [-0.2, 0) is 20.2 Å². The number of hydrogen-bond donors (Lipinski definition) is 5. The van der Waals surface area contributed by atoms with Gasteiger partial charge in [-0.25, -0.2) is 4.68 Å². The van der Waals surface area contributed by atoms with E-state index in [2.05, 4.69) is 25.6 Å². The van der Waals surface area contributed by atoms with Crippen LogP contribution in [0.4, 0.5) is 5.82 Å². The van der Waals surface area contributed by atoms with Crippen molar-refractivity contribution >= 4 is 55.4 Å². The SMILES string of the molecule is O=P(O)(O)CP(=O)(O)OC[C@H]1C[C@@H](n2nnc3c(NCc4ccccc4Cl)nc(Cl)nc32)C[C@@H]1O. The average molecular weight is 567 g/mol. The monoisotopic (exact) mass is 566 g/mol. The Morgan fingerprint density at radius 2 is 1.89 bits per heavy atom. The van der Waals surface area contributed by atoms with Gasteiger partial charge in [0.1, 0.15) is 0 Å². The Morgan fingerprint density at radius 1 is 1.14 bits per heavy atom. The highest BCUT2D eigenvalue weighted by molar-refractivity contribution is 7.70. The van der Waals surface area contributed by atoms with Crippen molar-refractivity contribution in [2.24, 2.45) is 5.92 Å². The molecule has 13 nitrogen and oxygen atoms in total. The van der Waals surface area contributed by atoms with E-state index in [1.807, 2.05) is 18.2 Å². The van der Waals surface area contributed by atoms with Gasteiger partial charge in [0.2, 0.25) is 5.28 Å². The van der Waals surface area contributed by atoms with Crippen LogP contribution < -0.4 is 5.32 Å². The summed E-state index contributed by atoms with van der Waals surface area (Å²) >= 11 is 12.3. The van der Waals surface area contributed by atoms with E-state index >= 15 is 0 Å². The molecule has 5 N–H and O–H groups in total. The summed E-state index contributed by atoms with van der Waals surface area (Å²) in [7, 11) is -9.27. The first-order valence-corrected chi connectivity index (χ1v) is 14.7. The molecular formula is C18H22Cl2N6O7P2. The maximum atomic E-state index is 11.9. The van der Waals surface area contributed by atoms with E-state index in [0.29, 0.717) is 35.0 Å². The predicted octanol–water partition coefficient (Wildman–Crippen LogP) is 2.79. The summed E-state index contributed by atoms with van der Waals surface area (Å²) in [6.07, 6.45) is -0.394. The van der Waals surface area contributed by atoms with Crippen molar-refractivity contribution in [1.82, 2.24) is 25.0 Å². The summed E-state index contributed by atoms with van der Waals surface area (Å²) in [5, 5.41) is 22.5. The van der Waals surface area contributed by atoms with Crippen LogP contribution in [0, 0.1) is 5.92 Å². The van der Waals surface area contributed by atoms with E-state index < -0.39 is 33.1 Å². The first-order valence-electron chi connectivity index (χ1n) is 10.4. The lowest BCUT2D eigenvalue weighted by atomic mass is 10.1. The van der Waals surface area contributed by atoms with Crippen LogP contribution in [0.1, 0.15) is 24.4 Å². The van der Waals surface area contributed by atoms with Crippen molar-refractivity contribution in [1.29, 1.82) is 0 Å². The lowest BCUT2D eigenvalue weighted by Crippen LogP contribution is -2.18. The lowest BCUT2D eigenvalue weighted by molar-refractivity contribution is 0.0942. The average Bonchev–Trinajstić information content (AvgIpc) is 3.33. The lowest BCUT2D eigenvalue weighted by Gasteiger charge is -2.18. The maximum absolute atomic E-state index is 11.9. The molecule has 190 valence electrons. The van der Waals surface area contributed by atoms with Crippen molar-refractivity contribution in [3.8, 4) is 0 Å². The fourth-order valence-corrected chi connectivity index (χ4v) is 6.91. The van der Waals surface area contributed by atoms with Crippen molar-refractivity contribution in [2.45, 2.75) is 31.5 Å². The van der Waals surface area contributed by atoms with Gasteiger partial charge in [0.25, 0.3) is 0 Å². The molecule has 17 heteroatoms. The number of rotatable bonds is 9. The van der Waals surface area contributed by atoms with Gasteiger partial charge >= 0.3 is 15.2 Å². The minimum atomic E-state index is -4.74. The quantitative estimate of drug-likeness (QED) is 0.188. The summed E-state index contributed by atoms with van der Waals surface area (Å²) in [6.45, 7) is -0.00911. The number of aliphatic hydroxyl groups excluding tert-OH is 1. The van der Waals surface area contributed by atoms with Crippen LogP contribution in [0.25, 0.3) is 11.2 Å². The standard InChI is InChI=1S/C18H22Cl2N6O7P2/c19-13-4-2-1-3-10(13)7-21-16-15-17(23-18(20)22-16)26(25-24-15)12-5-11(14(27)6-12)8-33-35(31,32)9-34(28,29)30/h1-4,11-12,14,27H,5-9H2,(H,31,32)(H,21,22,23)(H2,28,29,30)/t11-,12-,14+/m1/s1. The number of aromatic nitrogens is 5. The molecule has 35 heavy (non-hydrogen) atoms. The van der Waals surface area contributed by atoms with Crippen LogP contribution in [0.2, 0.25) is 10.3 Å². The third-order valence-corrected chi connectivity index (χ3v) is 9.53. The van der Waals surface area contributed by atoms with Crippen LogP contribution in [0.15, 0.2) is 24.3 Å². The van der Waals surface area contributed by atoms with E-state index in [-0.39, 0.29) is 24.4 Å². The highest BCUT2D eigenvalue weighted by atomic mass is 35.5. The summed E-state index contributed by atoms with van der Waals surface area (Å²) in [5.74, 6) is -1.52. The molecule has 0 saturated heterocycles. The van der Waals surface area contributed by atoms with E-state index in [0.717, 1.165) is 5.56 Å². The van der Waals surface area contributed by atoms with Gasteiger partial charge in [-0.05, 0) is 36.1 Å². The number of hydrogen-bond acceptors (Lipinski definition) is 9. The highest BCUT2D eigenvalue weighted by Gasteiger charge is 2.38. The molecule has 1 aromatic carbocycles. The second-order valence-electron chi connectivity index (χ2n) is 8.18. The number of nitrogens with one attached hydrogen (secondary N) is 1. The molecule has 2 aromatic heterocycles. The van der Waals surface area contributed by atoms with Gasteiger partial charge in [0.15, 0.2) is 22.9 Å². The summed E-state index contributed by atoms with van der Waals surface area (Å²) in [5.41, 5.74) is 1.53. The van der Waals surface area contributed by atoms with Gasteiger partial charge in [0, 0.05) is 17.5 Å². The predicted molar refractivity (Wildman–Crippen MR) is 127 cm³/mol. The van der Waals surface area contributed by atoms with Crippen LogP contribution >= 0.6 is 38.4 Å². The van der Waals surface area contributed by atoms with Gasteiger partial charge < -0.3 is 29.6 Å². The molecular weight excluding hydrogens is 545 g/mol. The van der Waals surface area contributed by atoms with Crippen molar-refractivity contribution in [2.75, 3.05) is 17.8 Å². The topological polar surface area (TPSA) is 193 Å². The third kappa shape index (κ3) is 6.56. The van der Waals surface area contributed by atoms with Crippen molar-refractivity contribution in [3.05, 3.63) is 40.1 Å². The van der Waals surface area contributed by atoms with Gasteiger partial charge in [-0.1, -0.05) is 35.0 Å².